The van der Waals surface area contributed by atoms with Crippen LogP contribution in [-0.2, 0) is 19.4 Å². The van der Waals surface area contributed by atoms with E-state index in [1.54, 1.807) is 0 Å². The molecule has 0 spiro atoms. The highest BCUT2D eigenvalue weighted by molar-refractivity contribution is 7.91. The molecule has 9 heteroatoms. The van der Waals surface area contributed by atoms with Gasteiger partial charge in [0.15, 0.2) is 9.84 Å². The van der Waals surface area contributed by atoms with Gasteiger partial charge in [-0.25, -0.2) is 13.2 Å². The average Bonchev–Trinajstić information content (AvgIpc) is 2.95. The van der Waals surface area contributed by atoms with E-state index in [1.165, 1.54) is 0 Å². The Balaban J connectivity index is 2.02. The molecule has 2 aliphatic heterocycles. The number of hydrogen-bond donors (Lipinski definition) is 2. The lowest BCUT2D eigenvalue weighted by Crippen LogP contribution is -2.51. The maximum absolute atomic E-state index is 12.1. The molecule has 2 saturated heterocycles. The van der Waals surface area contributed by atoms with Crippen LogP contribution in [-0.4, -0.2) is 73.8 Å². The molecule has 0 aliphatic carbocycles. The van der Waals surface area contributed by atoms with Crippen LogP contribution in [0.2, 0.25) is 0 Å². The number of ether oxygens (including phenoxy) is 1. The van der Waals surface area contributed by atoms with Crippen molar-refractivity contribution in [3.05, 3.63) is 0 Å². The topological polar surface area (TPSA) is 113 Å². The van der Waals surface area contributed by atoms with E-state index in [0.717, 1.165) is 4.90 Å². The largest absolute Gasteiger partial charge is 0.480 e. The van der Waals surface area contributed by atoms with Crippen LogP contribution in [0.15, 0.2) is 0 Å². The summed E-state index contributed by atoms with van der Waals surface area (Å²) in [6.07, 6.45) is 0.958. The van der Waals surface area contributed by atoms with Crippen molar-refractivity contribution in [3.8, 4) is 0 Å². The van der Waals surface area contributed by atoms with Crippen LogP contribution >= 0.6 is 0 Å². The summed E-state index contributed by atoms with van der Waals surface area (Å²) >= 11 is 0. The summed E-state index contributed by atoms with van der Waals surface area (Å²) in [6.45, 7) is 0.455. The number of carboxylic acids is 1. The number of nitrogens with one attached hydrogen (secondary N) is 1. The molecule has 0 radical (unpaired) electrons. The van der Waals surface area contributed by atoms with Crippen molar-refractivity contribution in [3.63, 3.8) is 0 Å². The number of carboxylic acid groups (broad SMARTS) is 1. The van der Waals surface area contributed by atoms with E-state index >= 15 is 0 Å². The van der Waals surface area contributed by atoms with Crippen molar-refractivity contribution >= 4 is 21.8 Å². The third-order valence-electron chi connectivity index (χ3n) is 3.47. The predicted octanol–water partition coefficient (Wildman–Crippen LogP) is -0.941. The SMILES string of the molecule is O=C(O)CN(C(=O)NC1CCOC1)C1CCS(=O)(=O)C1. The van der Waals surface area contributed by atoms with Crippen LogP contribution < -0.4 is 5.32 Å². The van der Waals surface area contributed by atoms with Crippen LogP contribution in [0.5, 0.6) is 0 Å². The maximum atomic E-state index is 12.1. The molecule has 20 heavy (non-hydrogen) atoms. The second kappa shape index (κ2) is 5.96. The van der Waals surface area contributed by atoms with Gasteiger partial charge in [-0.2, -0.15) is 0 Å². The second-order valence-electron chi connectivity index (χ2n) is 5.09. The summed E-state index contributed by atoms with van der Waals surface area (Å²) < 4.78 is 28.1. The number of hydrogen-bond acceptors (Lipinski definition) is 5. The Hall–Kier alpha value is -1.35. The van der Waals surface area contributed by atoms with Gasteiger partial charge in [0.25, 0.3) is 0 Å². The number of urea groups is 1. The number of sulfone groups is 1. The molecule has 2 atom stereocenters. The molecule has 2 heterocycles. The summed E-state index contributed by atoms with van der Waals surface area (Å²) in [5, 5.41) is 11.6. The minimum atomic E-state index is -3.18. The molecule has 2 unspecified atom stereocenters. The van der Waals surface area contributed by atoms with Crippen molar-refractivity contribution < 1.29 is 27.9 Å². The summed E-state index contributed by atoms with van der Waals surface area (Å²) in [7, 11) is -3.18. The maximum Gasteiger partial charge on any atom is 0.323 e. The standard InChI is InChI=1S/C11H18N2O6S/c14-10(15)5-13(9-2-4-20(17,18)7-9)11(16)12-8-1-3-19-6-8/h8-9H,1-7H2,(H,12,16)(H,14,15). The molecular formula is C11H18N2O6S. The van der Waals surface area contributed by atoms with Crippen LogP contribution in [0, 0.1) is 0 Å². The van der Waals surface area contributed by atoms with Crippen molar-refractivity contribution in [1.29, 1.82) is 0 Å². The fourth-order valence-electron chi connectivity index (χ4n) is 2.44. The molecule has 2 fully saturated rings. The zero-order valence-electron chi connectivity index (χ0n) is 10.9. The summed E-state index contributed by atoms with van der Waals surface area (Å²) in [5.74, 6) is -1.34. The van der Waals surface area contributed by atoms with Gasteiger partial charge in [0.1, 0.15) is 6.54 Å². The average molecular weight is 306 g/mol. The fraction of sp³-hybridized carbons (Fsp3) is 0.818. The van der Waals surface area contributed by atoms with Gasteiger partial charge in [-0.15, -0.1) is 0 Å². The molecular weight excluding hydrogens is 288 g/mol. The first-order valence-electron chi connectivity index (χ1n) is 6.44. The Morgan fingerprint density at radius 2 is 2.10 bits per heavy atom. The van der Waals surface area contributed by atoms with Crippen LogP contribution in [0.3, 0.4) is 0 Å². The van der Waals surface area contributed by atoms with Gasteiger partial charge >= 0.3 is 12.0 Å². The first kappa shape index (κ1) is 15.0. The fourth-order valence-corrected chi connectivity index (χ4v) is 4.17. The highest BCUT2D eigenvalue weighted by Crippen LogP contribution is 2.18. The highest BCUT2D eigenvalue weighted by atomic mass is 32.2. The molecule has 0 aromatic carbocycles. The normalized spacial score (nSPS) is 28.2. The number of nitrogens with zero attached hydrogens (tertiary/aromatic N) is 1. The van der Waals surface area contributed by atoms with Gasteiger partial charge in [-0.1, -0.05) is 0 Å². The van der Waals surface area contributed by atoms with Gasteiger partial charge in [-0.3, -0.25) is 4.79 Å². The zero-order chi connectivity index (χ0) is 14.8. The number of carbonyl (C=O) groups is 2. The Morgan fingerprint density at radius 1 is 1.35 bits per heavy atom. The Bertz CT molecular complexity index is 485. The molecule has 2 N–H and O–H groups in total. The van der Waals surface area contributed by atoms with E-state index in [1.807, 2.05) is 0 Å². The third kappa shape index (κ3) is 3.83. The van der Waals surface area contributed by atoms with Crippen LogP contribution in [0.1, 0.15) is 12.8 Å². The summed E-state index contributed by atoms with van der Waals surface area (Å²) in [5.41, 5.74) is 0. The monoisotopic (exact) mass is 306 g/mol. The van der Waals surface area contributed by atoms with Crippen molar-refractivity contribution in [2.75, 3.05) is 31.3 Å². The lowest BCUT2D eigenvalue weighted by molar-refractivity contribution is -0.138. The summed E-state index contributed by atoms with van der Waals surface area (Å²) in [6, 6.07) is -1.25. The van der Waals surface area contributed by atoms with Crippen molar-refractivity contribution in [1.82, 2.24) is 10.2 Å². The van der Waals surface area contributed by atoms with E-state index in [0.29, 0.717) is 19.6 Å². The van der Waals surface area contributed by atoms with Gasteiger partial charge in [0.05, 0.1) is 24.2 Å². The lowest BCUT2D eigenvalue weighted by Gasteiger charge is -2.28. The molecule has 2 rings (SSSR count). The number of carbonyl (C=O) groups excluding carboxylic acids is 1. The Labute approximate surface area is 117 Å². The van der Waals surface area contributed by atoms with E-state index in [4.69, 9.17) is 9.84 Å². The zero-order valence-corrected chi connectivity index (χ0v) is 11.8. The van der Waals surface area contributed by atoms with E-state index < -0.39 is 34.4 Å². The molecule has 0 saturated carbocycles. The van der Waals surface area contributed by atoms with Gasteiger partial charge in [-0.05, 0) is 12.8 Å². The van der Waals surface area contributed by atoms with Crippen molar-refractivity contribution in [2.45, 2.75) is 24.9 Å². The Kier molecular flexibility index (Phi) is 4.48. The minimum absolute atomic E-state index is 0.00634. The second-order valence-corrected chi connectivity index (χ2v) is 7.32. The van der Waals surface area contributed by atoms with E-state index in [2.05, 4.69) is 5.32 Å². The minimum Gasteiger partial charge on any atom is -0.480 e. The molecule has 0 bridgehead atoms. The third-order valence-corrected chi connectivity index (χ3v) is 5.22. The molecule has 8 nitrogen and oxygen atoms in total. The van der Waals surface area contributed by atoms with E-state index in [-0.39, 0.29) is 24.0 Å². The number of rotatable bonds is 4. The first-order chi connectivity index (χ1) is 9.37. The number of aliphatic carboxylic acids is 1. The molecule has 0 aromatic rings. The molecule has 2 aliphatic rings. The predicted molar refractivity (Wildman–Crippen MR) is 69.2 cm³/mol. The lowest BCUT2D eigenvalue weighted by atomic mass is 10.2. The molecule has 0 aromatic heterocycles. The van der Waals surface area contributed by atoms with Crippen molar-refractivity contribution in [2.24, 2.45) is 0 Å². The van der Waals surface area contributed by atoms with Gasteiger partial charge in [0.2, 0.25) is 0 Å². The van der Waals surface area contributed by atoms with Gasteiger partial charge < -0.3 is 20.1 Å². The Morgan fingerprint density at radius 3 is 2.60 bits per heavy atom. The van der Waals surface area contributed by atoms with E-state index in [9.17, 15) is 18.0 Å². The molecule has 114 valence electrons. The van der Waals surface area contributed by atoms with Crippen LogP contribution in [0.4, 0.5) is 4.79 Å². The summed E-state index contributed by atoms with van der Waals surface area (Å²) in [4.78, 5) is 24.1. The molecule has 2 amide bonds. The van der Waals surface area contributed by atoms with Crippen LogP contribution in [0.25, 0.3) is 0 Å². The first-order valence-corrected chi connectivity index (χ1v) is 8.26. The number of amides is 2. The smallest absolute Gasteiger partial charge is 0.323 e. The van der Waals surface area contributed by atoms with Gasteiger partial charge in [0, 0.05) is 12.6 Å². The quantitative estimate of drug-likeness (QED) is 0.693. The highest BCUT2D eigenvalue weighted by Gasteiger charge is 2.36.